The van der Waals surface area contributed by atoms with Crippen molar-refractivity contribution in [2.75, 3.05) is 27.2 Å². The minimum atomic E-state index is 0.672. The third-order valence-corrected chi connectivity index (χ3v) is 3.50. The summed E-state index contributed by atoms with van der Waals surface area (Å²) in [5, 5.41) is 3.41. The highest BCUT2D eigenvalue weighted by Gasteiger charge is 2.19. The van der Waals surface area contributed by atoms with Crippen LogP contribution in [-0.4, -0.2) is 38.2 Å². The van der Waals surface area contributed by atoms with Gasteiger partial charge in [0.05, 0.1) is 6.61 Å². The molecular formula is C14H22N2O. The van der Waals surface area contributed by atoms with E-state index in [9.17, 15) is 0 Å². The third kappa shape index (κ3) is 3.28. The molecule has 2 rings (SSSR count). The zero-order valence-electron chi connectivity index (χ0n) is 10.8. The minimum Gasteiger partial charge on any atom is -0.380 e. The molecule has 1 aliphatic heterocycles. The number of rotatable bonds is 5. The molecule has 1 saturated heterocycles. The van der Waals surface area contributed by atoms with Crippen molar-refractivity contribution in [1.29, 1.82) is 0 Å². The van der Waals surface area contributed by atoms with Crippen LogP contribution in [0.5, 0.6) is 0 Å². The van der Waals surface area contributed by atoms with Crippen molar-refractivity contribution in [2.45, 2.75) is 25.6 Å². The number of benzene rings is 1. The van der Waals surface area contributed by atoms with E-state index >= 15 is 0 Å². The van der Waals surface area contributed by atoms with E-state index in [1.165, 1.54) is 17.5 Å². The molecule has 0 spiro atoms. The first-order chi connectivity index (χ1) is 8.31. The van der Waals surface area contributed by atoms with Gasteiger partial charge in [-0.2, -0.15) is 0 Å². The maximum absolute atomic E-state index is 5.24. The Labute approximate surface area is 104 Å². The molecule has 0 aliphatic carbocycles. The fourth-order valence-electron chi connectivity index (χ4n) is 2.42. The molecule has 0 saturated carbocycles. The molecule has 1 atom stereocenters. The second-order valence-corrected chi connectivity index (χ2v) is 4.76. The van der Waals surface area contributed by atoms with Gasteiger partial charge >= 0.3 is 0 Å². The Bertz CT molecular complexity index is 348. The van der Waals surface area contributed by atoms with Crippen molar-refractivity contribution in [3.05, 3.63) is 35.4 Å². The molecule has 0 radical (unpaired) electrons. The molecule has 0 amide bonds. The molecule has 1 fully saturated rings. The van der Waals surface area contributed by atoms with Crippen molar-refractivity contribution in [2.24, 2.45) is 0 Å². The van der Waals surface area contributed by atoms with Crippen LogP contribution in [0.3, 0.4) is 0 Å². The van der Waals surface area contributed by atoms with Crippen molar-refractivity contribution < 1.29 is 4.74 Å². The molecule has 1 unspecified atom stereocenters. The van der Waals surface area contributed by atoms with Gasteiger partial charge in [-0.25, -0.2) is 0 Å². The monoisotopic (exact) mass is 234 g/mol. The Morgan fingerprint density at radius 3 is 2.76 bits per heavy atom. The van der Waals surface area contributed by atoms with Crippen LogP contribution in [0, 0.1) is 0 Å². The van der Waals surface area contributed by atoms with E-state index in [1.807, 2.05) is 0 Å². The summed E-state index contributed by atoms with van der Waals surface area (Å²) < 4.78 is 5.24. The fraction of sp³-hybridized carbons (Fsp3) is 0.571. The molecule has 1 N–H and O–H groups in total. The van der Waals surface area contributed by atoms with Crippen LogP contribution in [0.1, 0.15) is 17.5 Å². The van der Waals surface area contributed by atoms with E-state index in [2.05, 4.69) is 41.5 Å². The van der Waals surface area contributed by atoms with Gasteiger partial charge in [0.25, 0.3) is 0 Å². The normalized spacial score (nSPS) is 20.1. The van der Waals surface area contributed by atoms with Gasteiger partial charge in [-0.1, -0.05) is 24.3 Å². The summed E-state index contributed by atoms with van der Waals surface area (Å²) in [6.07, 6.45) is 1.25. The number of ether oxygens (including phenoxy) is 1. The topological polar surface area (TPSA) is 24.5 Å². The van der Waals surface area contributed by atoms with Gasteiger partial charge in [-0.05, 0) is 31.1 Å². The van der Waals surface area contributed by atoms with Crippen LogP contribution in [0.15, 0.2) is 24.3 Å². The standard InChI is InChI=1S/C14H22N2O/c1-16(14-7-8-15-9-14)10-12-5-3-4-6-13(12)11-17-2/h3-6,14-15H,7-11H2,1-2H3. The summed E-state index contributed by atoms with van der Waals surface area (Å²) in [6.45, 7) is 3.97. The van der Waals surface area contributed by atoms with Crippen LogP contribution in [0.4, 0.5) is 0 Å². The Balaban J connectivity index is 2.01. The average Bonchev–Trinajstić information content (AvgIpc) is 2.85. The predicted octanol–water partition coefficient (Wildman–Crippen LogP) is 1.63. The Morgan fingerprint density at radius 2 is 2.12 bits per heavy atom. The number of likely N-dealkylation sites (N-methyl/N-ethyl adjacent to an activating group) is 1. The smallest absolute Gasteiger partial charge is 0.0716 e. The van der Waals surface area contributed by atoms with Crippen molar-refractivity contribution in [1.82, 2.24) is 10.2 Å². The summed E-state index contributed by atoms with van der Waals surface area (Å²) in [4.78, 5) is 2.44. The van der Waals surface area contributed by atoms with Gasteiger partial charge in [0.1, 0.15) is 0 Å². The lowest BCUT2D eigenvalue weighted by Gasteiger charge is -2.24. The van der Waals surface area contributed by atoms with E-state index in [1.54, 1.807) is 7.11 Å². The molecule has 94 valence electrons. The average molecular weight is 234 g/mol. The first-order valence-electron chi connectivity index (χ1n) is 6.28. The Hall–Kier alpha value is -0.900. The molecule has 3 heteroatoms. The summed E-state index contributed by atoms with van der Waals surface area (Å²) in [6, 6.07) is 9.21. The van der Waals surface area contributed by atoms with E-state index in [4.69, 9.17) is 4.74 Å². The molecule has 3 nitrogen and oxygen atoms in total. The summed E-state index contributed by atoms with van der Waals surface area (Å²) in [7, 11) is 3.96. The van der Waals surface area contributed by atoms with Gasteiger partial charge in [-0.3, -0.25) is 4.90 Å². The molecule has 0 aromatic heterocycles. The quantitative estimate of drug-likeness (QED) is 0.838. The zero-order valence-corrected chi connectivity index (χ0v) is 10.8. The van der Waals surface area contributed by atoms with Gasteiger partial charge in [-0.15, -0.1) is 0 Å². The van der Waals surface area contributed by atoms with E-state index in [-0.39, 0.29) is 0 Å². The van der Waals surface area contributed by atoms with Gasteiger partial charge < -0.3 is 10.1 Å². The summed E-state index contributed by atoms with van der Waals surface area (Å²) in [5.41, 5.74) is 2.68. The third-order valence-electron chi connectivity index (χ3n) is 3.50. The van der Waals surface area contributed by atoms with Gasteiger partial charge in [0, 0.05) is 26.2 Å². The lowest BCUT2D eigenvalue weighted by Crippen LogP contribution is -2.33. The largest absolute Gasteiger partial charge is 0.380 e. The summed E-state index contributed by atoms with van der Waals surface area (Å²) in [5.74, 6) is 0. The predicted molar refractivity (Wildman–Crippen MR) is 69.9 cm³/mol. The van der Waals surface area contributed by atoms with Crippen molar-refractivity contribution >= 4 is 0 Å². The Morgan fingerprint density at radius 1 is 1.35 bits per heavy atom. The van der Waals surface area contributed by atoms with E-state index in [0.717, 1.165) is 19.6 Å². The number of hydrogen-bond donors (Lipinski definition) is 1. The highest BCUT2D eigenvalue weighted by atomic mass is 16.5. The highest BCUT2D eigenvalue weighted by molar-refractivity contribution is 5.26. The molecule has 17 heavy (non-hydrogen) atoms. The molecule has 1 aromatic carbocycles. The molecule has 1 heterocycles. The summed E-state index contributed by atoms with van der Waals surface area (Å²) >= 11 is 0. The lowest BCUT2D eigenvalue weighted by molar-refractivity contribution is 0.181. The van der Waals surface area contributed by atoms with Crippen LogP contribution in [-0.2, 0) is 17.9 Å². The van der Waals surface area contributed by atoms with Crippen LogP contribution in [0.25, 0.3) is 0 Å². The SMILES string of the molecule is COCc1ccccc1CN(C)C1CCNC1. The van der Waals surface area contributed by atoms with Gasteiger partial charge in [0.15, 0.2) is 0 Å². The molecule has 1 aromatic rings. The van der Waals surface area contributed by atoms with E-state index in [0.29, 0.717) is 12.6 Å². The van der Waals surface area contributed by atoms with Gasteiger partial charge in [0.2, 0.25) is 0 Å². The van der Waals surface area contributed by atoms with E-state index < -0.39 is 0 Å². The van der Waals surface area contributed by atoms with Crippen LogP contribution in [0.2, 0.25) is 0 Å². The second kappa shape index (κ2) is 6.15. The fourth-order valence-corrected chi connectivity index (χ4v) is 2.42. The lowest BCUT2D eigenvalue weighted by atomic mass is 10.1. The zero-order chi connectivity index (χ0) is 12.1. The molecule has 1 aliphatic rings. The number of hydrogen-bond acceptors (Lipinski definition) is 3. The first kappa shape index (κ1) is 12.6. The number of methoxy groups -OCH3 is 1. The van der Waals surface area contributed by atoms with Crippen LogP contribution < -0.4 is 5.32 Å². The minimum absolute atomic E-state index is 0.672. The van der Waals surface area contributed by atoms with Crippen molar-refractivity contribution in [3.63, 3.8) is 0 Å². The maximum Gasteiger partial charge on any atom is 0.0716 e. The highest BCUT2D eigenvalue weighted by Crippen LogP contribution is 2.15. The number of nitrogens with zero attached hydrogens (tertiary/aromatic N) is 1. The first-order valence-corrected chi connectivity index (χ1v) is 6.28. The second-order valence-electron chi connectivity index (χ2n) is 4.76. The van der Waals surface area contributed by atoms with Crippen molar-refractivity contribution in [3.8, 4) is 0 Å². The molecule has 0 bridgehead atoms. The maximum atomic E-state index is 5.24. The number of nitrogens with one attached hydrogen (secondary N) is 1. The Kier molecular flexibility index (Phi) is 4.54. The van der Waals surface area contributed by atoms with Crippen LogP contribution >= 0.6 is 0 Å². The molecular weight excluding hydrogens is 212 g/mol.